The third-order valence-corrected chi connectivity index (χ3v) is 3.37. The minimum absolute atomic E-state index is 0.00852. The fourth-order valence-electron chi connectivity index (χ4n) is 2.34. The summed E-state index contributed by atoms with van der Waals surface area (Å²) in [6.45, 7) is 1.44. The van der Waals surface area contributed by atoms with E-state index in [-0.39, 0.29) is 6.04 Å². The molecule has 0 saturated carbocycles. The third-order valence-electron chi connectivity index (χ3n) is 3.37. The van der Waals surface area contributed by atoms with Gasteiger partial charge in [0.25, 0.3) is 0 Å². The minimum Gasteiger partial charge on any atom is -0.372 e. The molecule has 1 aromatic heterocycles. The van der Waals surface area contributed by atoms with E-state index in [2.05, 4.69) is 23.3 Å². The van der Waals surface area contributed by atoms with Crippen molar-refractivity contribution in [1.82, 2.24) is 9.78 Å². The van der Waals surface area contributed by atoms with Gasteiger partial charge in [0.05, 0.1) is 18.9 Å². The van der Waals surface area contributed by atoms with Crippen molar-refractivity contribution in [2.24, 2.45) is 12.8 Å². The molecule has 0 fully saturated rings. The van der Waals surface area contributed by atoms with E-state index in [0.717, 1.165) is 24.3 Å². The minimum atomic E-state index is -0.00852. The highest BCUT2D eigenvalue weighted by atomic mass is 16.5. The largest absolute Gasteiger partial charge is 0.372 e. The molecule has 0 radical (unpaired) electrons. The van der Waals surface area contributed by atoms with Gasteiger partial charge in [0.2, 0.25) is 0 Å². The lowest BCUT2D eigenvalue weighted by atomic mass is 9.99. The van der Waals surface area contributed by atoms with Gasteiger partial charge in [-0.05, 0) is 22.8 Å². The molecular formula is C14H17N3O. The lowest BCUT2D eigenvalue weighted by molar-refractivity contribution is 0.134. The second-order valence-corrected chi connectivity index (χ2v) is 4.81. The predicted molar refractivity (Wildman–Crippen MR) is 68.8 cm³/mol. The van der Waals surface area contributed by atoms with Crippen LogP contribution in [0.5, 0.6) is 0 Å². The number of rotatable bonds is 3. The van der Waals surface area contributed by atoms with Crippen molar-refractivity contribution in [1.29, 1.82) is 0 Å². The summed E-state index contributed by atoms with van der Waals surface area (Å²) in [5, 5.41) is 4.36. The Balaban J connectivity index is 1.78. The van der Waals surface area contributed by atoms with Crippen LogP contribution >= 0.6 is 0 Å². The Bertz CT molecular complexity index is 562. The number of fused-ring (bicyclic) bond motifs is 1. The van der Waals surface area contributed by atoms with Gasteiger partial charge in [-0.3, -0.25) is 4.68 Å². The monoisotopic (exact) mass is 243 g/mol. The van der Waals surface area contributed by atoms with Crippen LogP contribution in [0.15, 0.2) is 30.5 Å². The summed E-state index contributed by atoms with van der Waals surface area (Å²) in [4.78, 5) is 0. The molecule has 0 spiro atoms. The van der Waals surface area contributed by atoms with E-state index < -0.39 is 0 Å². The first kappa shape index (κ1) is 11.4. The molecule has 3 rings (SSSR count). The Hall–Kier alpha value is -1.65. The molecule has 0 amide bonds. The molecule has 18 heavy (non-hydrogen) atoms. The van der Waals surface area contributed by atoms with E-state index >= 15 is 0 Å². The standard InChI is InChI=1S/C14H17N3O/c1-17-5-4-13(16-17)7-14(15)10-2-3-11-8-18-9-12(11)6-10/h2-6,14H,7-9,15H2,1H3. The number of ether oxygens (including phenoxy) is 1. The van der Waals surface area contributed by atoms with Crippen molar-refractivity contribution in [3.63, 3.8) is 0 Å². The molecule has 4 heteroatoms. The van der Waals surface area contributed by atoms with Crippen LogP contribution in [0, 0.1) is 0 Å². The van der Waals surface area contributed by atoms with Gasteiger partial charge in [-0.2, -0.15) is 5.10 Å². The number of aryl methyl sites for hydroxylation is 1. The highest BCUT2D eigenvalue weighted by Crippen LogP contribution is 2.24. The summed E-state index contributed by atoms with van der Waals surface area (Å²) in [6, 6.07) is 8.38. The van der Waals surface area contributed by atoms with Crippen LogP contribution in [-0.2, 0) is 31.4 Å². The molecule has 1 unspecified atom stereocenters. The summed E-state index contributed by atoms with van der Waals surface area (Å²) < 4.78 is 7.22. The van der Waals surface area contributed by atoms with Crippen molar-refractivity contribution in [3.8, 4) is 0 Å². The zero-order valence-corrected chi connectivity index (χ0v) is 10.5. The van der Waals surface area contributed by atoms with Gasteiger partial charge in [-0.25, -0.2) is 0 Å². The number of hydrogen-bond donors (Lipinski definition) is 1. The Morgan fingerprint density at radius 3 is 2.94 bits per heavy atom. The molecule has 1 aliphatic heterocycles. The van der Waals surface area contributed by atoms with Crippen molar-refractivity contribution >= 4 is 0 Å². The SMILES string of the molecule is Cn1ccc(CC(N)c2ccc3c(c2)COC3)n1. The van der Waals surface area contributed by atoms with Crippen molar-refractivity contribution in [2.75, 3.05) is 0 Å². The quantitative estimate of drug-likeness (QED) is 0.892. The number of benzene rings is 1. The third kappa shape index (κ3) is 2.17. The lowest BCUT2D eigenvalue weighted by Gasteiger charge is -2.11. The Kier molecular flexibility index (Phi) is 2.89. The highest BCUT2D eigenvalue weighted by Gasteiger charge is 2.15. The molecule has 1 atom stereocenters. The smallest absolute Gasteiger partial charge is 0.0725 e. The Labute approximate surface area is 106 Å². The van der Waals surface area contributed by atoms with Crippen LogP contribution in [0.25, 0.3) is 0 Å². The summed E-state index contributed by atoms with van der Waals surface area (Å²) in [5.74, 6) is 0. The number of hydrogen-bond acceptors (Lipinski definition) is 3. The van der Waals surface area contributed by atoms with Crippen LogP contribution in [0.1, 0.15) is 28.4 Å². The predicted octanol–water partition coefficient (Wildman–Crippen LogP) is 1.69. The summed E-state index contributed by atoms with van der Waals surface area (Å²) in [5.41, 5.74) is 11.0. The second kappa shape index (κ2) is 4.55. The van der Waals surface area contributed by atoms with E-state index in [1.54, 1.807) is 4.68 Å². The zero-order chi connectivity index (χ0) is 12.5. The maximum Gasteiger partial charge on any atom is 0.0725 e. The van der Waals surface area contributed by atoms with Gasteiger partial charge in [0, 0.05) is 25.7 Å². The van der Waals surface area contributed by atoms with Crippen LogP contribution in [0.4, 0.5) is 0 Å². The molecular weight excluding hydrogens is 226 g/mol. The van der Waals surface area contributed by atoms with Gasteiger partial charge in [-0.15, -0.1) is 0 Å². The normalized spacial score (nSPS) is 15.7. The molecule has 1 aliphatic rings. The zero-order valence-electron chi connectivity index (χ0n) is 10.5. The topological polar surface area (TPSA) is 53.1 Å². The molecule has 1 aromatic carbocycles. The number of nitrogens with two attached hydrogens (primary N) is 1. The van der Waals surface area contributed by atoms with Crippen molar-refractivity contribution < 1.29 is 4.74 Å². The maximum atomic E-state index is 6.24. The molecule has 94 valence electrons. The fraction of sp³-hybridized carbons (Fsp3) is 0.357. The van der Waals surface area contributed by atoms with E-state index in [9.17, 15) is 0 Å². The van der Waals surface area contributed by atoms with Gasteiger partial charge < -0.3 is 10.5 Å². The average molecular weight is 243 g/mol. The van der Waals surface area contributed by atoms with Crippen LogP contribution in [0.2, 0.25) is 0 Å². The fourth-order valence-corrected chi connectivity index (χ4v) is 2.34. The van der Waals surface area contributed by atoms with Crippen LogP contribution < -0.4 is 5.73 Å². The van der Waals surface area contributed by atoms with Crippen LogP contribution in [-0.4, -0.2) is 9.78 Å². The molecule has 0 saturated heterocycles. The molecule has 2 heterocycles. The molecule has 2 N–H and O–H groups in total. The summed E-state index contributed by atoms with van der Waals surface area (Å²) >= 11 is 0. The lowest BCUT2D eigenvalue weighted by Crippen LogP contribution is -2.14. The summed E-state index contributed by atoms with van der Waals surface area (Å²) in [7, 11) is 1.92. The molecule has 4 nitrogen and oxygen atoms in total. The number of aromatic nitrogens is 2. The molecule has 0 aliphatic carbocycles. The summed E-state index contributed by atoms with van der Waals surface area (Å²) in [6.07, 6.45) is 2.71. The first-order valence-electron chi connectivity index (χ1n) is 6.16. The maximum absolute atomic E-state index is 6.24. The van der Waals surface area contributed by atoms with Gasteiger partial charge in [-0.1, -0.05) is 18.2 Å². The molecule has 2 aromatic rings. The number of nitrogens with zero attached hydrogens (tertiary/aromatic N) is 2. The second-order valence-electron chi connectivity index (χ2n) is 4.81. The van der Waals surface area contributed by atoms with Crippen molar-refractivity contribution in [3.05, 3.63) is 52.8 Å². The highest BCUT2D eigenvalue weighted by molar-refractivity contribution is 5.34. The van der Waals surface area contributed by atoms with Gasteiger partial charge in [0.1, 0.15) is 0 Å². The van der Waals surface area contributed by atoms with E-state index in [4.69, 9.17) is 10.5 Å². The van der Waals surface area contributed by atoms with Crippen LogP contribution in [0.3, 0.4) is 0 Å². The van der Waals surface area contributed by atoms with Gasteiger partial charge in [0.15, 0.2) is 0 Å². The van der Waals surface area contributed by atoms with E-state index in [1.807, 2.05) is 19.3 Å². The first-order valence-corrected chi connectivity index (χ1v) is 6.16. The molecule has 0 bridgehead atoms. The van der Waals surface area contributed by atoms with E-state index in [1.165, 1.54) is 11.1 Å². The Morgan fingerprint density at radius 1 is 1.33 bits per heavy atom. The first-order chi connectivity index (χ1) is 8.72. The van der Waals surface area contributed by atoms with Crippen molar-refractivity contribution in [2.45, 2.75) is 25.7 Å². The average Bonchev–Trinajstić information content (AvgIpc) is 2.96. The van der Waals surface area contributed by atoms with E-state index in [0.29, 0.717) is 6.61 Å². The van der Waals surface area contributed by atoms with Gasteiger partial charge >= 0.3 is 0 Å². The Morgan fingerprint density at radius 2 is 2.17 bits per heavy atom.